The molecule has 1 amide bonds. The van der Waals surface area contributed by atoms with E-state index in [2.05, 4.69) is 17.1 Å². The van der Waals surface area contributed by atoms with Crippen molar-refractivity contribution < 1.29 is 4.79 Å². The second kappa shape index (κ2) is 6.86. The summed E-state index contributed by atoms with van der Waals surface area (Å²) in [6.07, 6.45) is 2.56. The lowest BCUT2D eigenvalue weighted by atomic mass is 9.99. The van der Waals surface area contributed by atoms with Crippen molar-refractivity contribution >= 4 is 5.91 Å². The van der Waals surface area contributed by atoms with E-state index >= 15 is 0 Å². The van der Waals surface area contributed by atoms with E-state index in [4.69, 9.17) is 0 Å². The minimum atomic E-state index is 0.200. The highest BCUT2D eigenvalue weighted by Gasteiger charge is 2.18. The Morgan fingerprint density at radius 3 is 2.69 bits per heavy atom. The minimum absolute atomic E-state index is 0.200. The van der Waals surface area contributed by atoms with Crippen LogP contribution in [0.5, 0.6) is 0 Å². The van der Waals surface area contributed by atoms with Crippen LogP contribution in [0.25, 0.3) is 0 Å². The summed E-state index contributed by atoms with van der Waals surface area (Å²) >= 11 is 0. The van der Waals surface area contributed by atoms with Gasteiger partial charge in [0, 0.05) is 20.6 Å². The van der Waals surface area contributed by atoms with Crippen LogP contribution in [0.15, 0.2) is 0 Å². The highest BCUT2D eigenvalue weighted by molar-refractivity contribution is 5.77. The maximum absolute atomic E-state index is 11.6. The van der Waals surface area contributed by atoms with Gasteiger partial charge in [-0.05, 0) is 38.4 Å². The van der Waals surface area contributed by atoms with Crippen molar-refractivity contribution in [3.8, 4) is 0 Å². The second-order valence-corrected chi connectivity index (χ2v) is 4.83. The van der Waals surface area contributed by atoms with Gasteiger partial charge in [-0.25, -0.2) is 0 Å². The number of nitrogens with zero attached hydrogens (tertiary/aromatic N) is 2. The molecule has 0 saturated carbocycles. The number of hydrogen-bond acceptors (Lipinski definition) is 3. The lowest BCUT2D eigenvalue weighted by Gasteiger charge is -2.29. The smallest absolute Gasteiger partial charge is 0.236 e. The molecule has 4 heteroatoms. The van der Waals surface area contributed by atoms with E-state index in [-0.39, 0.29) is 5.91 Å². The Bertz CT molecular complexity index is 212. The van der Waals surface area contributed by atoms with Crippen LogP contribution in [0.3, 0.4) is 0 Å². The molecule has 1 heterocycles. The zero-order valence-electron chi connectivity index (χ0n) is 10.8. The first kappa shape index (κ1) is 13.5. The SMILES string of the molecule is CCN(CC(=O)N(C)C)CC1CCCNC1. The number of likely N-dealkylation sites (N-methyl/N-ethyl adjacent to an activating group) is 2. The quantitative estimate of drug-likeness (QED) is 0.738. The lowest BCUT2D eigenvalue weighted by Crippen LogP contribution is -2.42. The van der Waals surface area contributed by atoms with Gasteiger partial charge in [0.15, 0.2) is 0 Å². The first-order chi connectivity index (χ1) is 7.63. The van der Waals surface area contributed by atoms with Crippen molar-refractivity contribution in [3.05, 3.63) is 0 Å². The normalized spacial score (nSPS) is 21.1. The second-order valence-electron chi connectivity index (χ2n) is 4.83. The molecule has 16 heavy (non-hydrogen) atoms. The maximum Gasteiger partial charge on any atom is 0.236 e. The molecule has 1 aliphatic rings. The third-order valence-corrected chi connectivity index (χ3v) is 3.22. The third kappa shape index (κ3) is 4.49. The Hall–Kier alpha value is -0.610. The number of carbonyl (C=O) groups excluding carboxylic acids is 1. The Kier molecular flexibility index (Phi) is 5.77. The van der Waals surface area contributed by atoms with E-state index in [1.165, 1.54) is 12.8 Å². The summed E-state index contributed by atoms with van der Waals surface area (Å²) in [5.74, 6) is 0.911. The van der Waals surface area contributed by atoms with Crippen molar-refractivity contribution in [2.24, 2.45) is 5.92 Å². The molecule has 1 N–H and O–H groups in total. The van der Waals surface area contributed by atoms with Gasteiger partial charge in [-0.3, -0.25) is 9.69 Å². The molecule has 0 bridgehead atoms. The van der Waals surface area contributed by atoms with E-state index in [1.807, 2.05) is 14.1 Å². The Morgan fingerprint density at radius 2 is 2.19 bits per heavy atom. The predicted octanol–water partition coefficient (Wildman–Crippen LogP) is 0.396. The largest absolute Gasteiger partial charge is 0.348 e. The number of amides is 1. The zero-order valence-corrected chi connectivity index (χ0v) is 10.8. The Morgan fingerprint density at radius 1 is 1.44 bits per heavy atom. The van der Waals surface area contributed by atoms with E-state index in [9.17, 15) is 4.79 Å². The molecule has 0 aromatic rings. The van der Waals surface area contributed by atoms with Gasteiger partial charge in [0.2, 0.25) is 5.91 Å². The fourth-order valence-corrected chi connectivity index (χ4v) is 2.08. The molecule has 0 aliphatic carbocycles. The Labute approximate surface area is 99.0 Å². The predicted molar refractivity (Wildman–Crippen MR) is 66.4 cm³/mol. The molecule has 1 rings (SSSR count). The van der Waals surface area contributed by atoms with Gasteiger partial charge >= 0.3 is 0 Å². The summed E-state index contributed by atoms with van der Waals surface area (Å²) in [5, 5.41) is 3.42. The summed E-state index contributed by atoms with van der Waals surface area (Å²) in [7, 11) is 3.64. The summed E-state index contributed by atoms with van der Waals surface area (Å²) < 4.78 is 0. The molecule has 94 valence electrons. The van der Waals surface area contributed by atoms with Gasteiger partial charge in [0.05, 0.1) is 6.54 Å². The van der Waals surface area contributed by atoms with Crippen LogP contribution in [0.2, 0.25) is 0 Å². The van der Waals surface area contributed by atoms with Crippen LogP contribution in [0.4, 0.5) is 0 Å². The van der Waals surface area contributed by atoms with E-state index in [0.29, 0.717) is 12.5 Å². The maximum atomic E-state index is 11.6. The lowest BCUT2D eigenvalue weighted by molar-refractivity contribution is -0.130. The fourth-order valence-electron chi connectivity index (χ4n) is 2.08. The van der Waals surface area contributed by atoms with Crippen molar-refractivity contribution in [2.75, 3.05) is 46.8 Å². The van der Waals surface area contributed by atoms with Crippen LogP contribution in [0.1, 0.15) is 19.8 Å². The fraction of sp³-hybridized carbons (Fsp3) is 0.917. The van der Waals surface area contributed by atoms with Gasteiger partial charge in [0.1, 0.15) is 0 Å². The molecular weight excluding hydrogens is 202 g/mol. The molecule has 0 aromatic carbocycles. The number of rotatable bonds is 5. The zero-order chi connectivity index (χ0) is 12.0. The van der Waals surface area contributed by atoms with Crippen LogP contribution in [-0.2, 0) is 4.79 Å². The van der Waals surface area contributed by atoms with E-state index in [0.717, 1.165) is 26.2 Å². The van der Waals surface area contributed by atoms with E-state index in [1.54, 1.807) is 4.90 Å². The first-order valence-corrected chi connectivity index (χ1v) is 6.26. The van der Waals surface area contributed by atoms with Crippen LogP contribution in [-0.4, -0.2) is 62.5 Å². The summed E-state index contributed by atoms with van der Waals surface area (Å²) in [4.78, 5) is 15.5. The molecule has 4 nitrogen and oxygen atoms in total. The summed E-state index contributed by atoms with van der Waals surface area (Å²) in [6, 6.07) is 0. The first-order valence-electron chi connectivity index (χ1n) is 6.26. The molecule has 1 unspecified atom stereocenters. The van der Waals surface area contributed by atoms with E-state index < -0.39 is 0 Å². The number of hydrogen-bond donors (Lipinski definition) is 1. The van der Waals surface area contributed by atoms with Gasteiger partial charge in [-0.15, -0.1) is 0 Å². The third-order valence-electron chi connectivity index (χ3n) is 3.22. The van der Waals surface area contributed by atoms with Crippen molar-refractivity contribution in [3.63, 3.8) is 0 Å². The average molecular weight is 227 g/mol. The summed E-state index contributed by atoms with van der Waals surface area (Å²) in [6.45, 7) is 6.93. The van der Waals surface area contributed by atoms with Crippen LogP contribution < -0.4 is 5.32 Å². The topological polar surface area (TPSA) is 35.6 Å². The molecule has 1 aliphatic heterocycles. The monoisotopic (exact) mass is 227 g/mol. The van der Waals surface area contributed by atoms with Gasteiger partial charge in [-0.2, -0.15) is 0 Å². The molecule has 1 saturated heterocycles. The van der Waals surface area contributed by atoms with Crippen LogP contribution >= 0.6 is 0 Å². The van der Waals surface area contributed by atoms with Crippen molar-refractivity contribution in [1.29, 1.82) is 0 Å². The van der Waals surface area contributed by atoms with Gasteiger partial charge in [-0.1, -0.05) is 6.92 Å². The highest BCUT2D eigenvalue weighted by Crippen LogP contribution is 2.11. The average Bonchev–Trinajstić information content (AvgIpc) is 2.29. The number of piperidine rings is 1. The van der Waals surface area contributed by atoms with Gasteiger partial charge < -0.3 is 10.2 Å². The summed E-state index contributed by atoms with van der Waals surface area (Å²) in [5.41, 5.74) is 0. The Balaban J connectivity index is 2.32. The minimum Gasteiger partial charge on any atom is -0.348 e. The molecule has 1 atom stereocenters. The molecular formula is C12H25N3O. The number of carbonyl (C=O) groups is 1. The molecule has 1 fully saturated rings. The molecule has 0 spiro atoms. The van der Waals surface area contributed by atoms with Gasteiger partial charge in [0.25, 0.3) is 0 Å². The van der Waals surface area contributed by atoms with Crippen molar-refractivity contribution in [2.45, 2.75) is 19.8 Å². The molecule has 0 aromatic heterocycles. The number of nitrogens with one attached hydrogen (secondary N) is 1. The van der Waals surface area contributed by atoms with Crippen molar-refractivity contribution in [1.82, 2.24) is 15.1 Å². The standard InChI is InChI=1S/C12H25N3O/c1-4-15(10-12(16)14(2)3)9-11-6-5-7-13-8-11/h11,13H,4-10H2,1-3H3. The highest BCUT2D eigenvalue weighted by atomic mass is 16.2. The molecule has 0 radical (unpaired) electrons. The van der Waals surface area contributed by atoms with Crippen LogP contribution in [0, 0.1) is 5.92 Å².